The maximum Gasteiger partial charge on any atom is 0.267 e. The summed E-state index contributed by atoms with van der Waals surface area (Å²) >= 11 is 0. The second-order valence-electron chi connectivity index (χ2n) is 8.14. The number of fused-ring (bicyclic) bond motifs is 1. The molecule has 5 rings (SSSR count). The zero-order valence-corrected chi connectivity index (χ0v) is 18.3. The number of aromatic amines is 1. The Bertz CT molecular complexity index is 1380. The molecule has 8 heteroatoms. The largest absolute Gasteiger partial charge is 0.508 e. The molecule has 0 radical (unpaired) electrons. The Kier molecular flexibility index (Phi) is 4.94. The molecule has 0 atom stereocenters. The predicted molar refractivity (Wildman–Crippen MR) is 124 cm³/mol. The van der Waals surface area contributed by atoms with Crippen LogP contribution in [0.2, 0.25) is 0 Å². The minimum absolute atomic E-state index is 0.148. The van der Waals surface area contributed by atoms with Gasteiger partial charge in [-0.05, 0) is 50.6 Å². The lowest BCUT2D eigenvalue weighted by atomic mass is 10.1. The van der Waals surface area contributed by atoms with E-state index in [2.05, 4.69) is 14.9 Å². The van der Waals surface area contributed by atoms with Gasteiger partial charge in [0, 0.05) is 35.6 Å². The molecule has 0 aliphatic carbocycles. The number of nitrogens with one attached hydrogen (secondary N) is 1. The van der Waals surface area contributed by atoms with E-state index in [0.29, 0.717) is 35.5 Å². The van der Waals surface area contributed by atoms with Crippen molar-refractivity contribution >= 4 is 16.9 Å². The average Bonchev–Trinajstić information content (AvgIpc) is 3.23. The van der Waals surface area contributed by atoms with E-state index in [1.807, 2.05) is 32.0 Å². The van der Waals surface area contributed by atoms with Gasteiger partial charge in [0.05, 0.1) is 24.3 Å². The average molecular weight is 431 g/mol. The van der Waals surface area contributed by atoms with Gasteiger partial charge in [0.1, 0.15) is 23.5 Å². The molecule has 0 unspecified atom stereocenters. The first-order valence-electron chi connectivity index (χ1n) is 10.6. The van der Waals surface area contributed by atoms with Crippen molar-refractivity contribution < 1.29 is 9.84 Å². The fraction of sp³-hybridized carbons (Fsp3) is 0.292. The van der Waals surface area contributed by atoms with Crippen molar-refractivity contribution in [1.29, 1.82) is 0 Å². The lowest BCUT2D eigenvalue weighted by Gasteiger charge is -2.28. The Labute approximate surface area is 185 Å². The highest BCUT2D eigenvalue weighted by molar-refractivity contribution is 5.83. The van der Waals surface area contributed by atoms with Crippen LogP contribution in [0.3, 0.4) is 0 Å². The van der Waals surface area contributed by atoms with Gasteiger partial charge in [-0.25, -0.2) is 9.97 Å². The summed E-state index contributed by atoms with van der Waals surface area (Å²) in [5, 5.41) is 10.6. The van der Waals surface area contributed by atoms with Gasteiger partial charge in [-0.2, -0.15) is 0 Å². The summed E-state index contributed by atoms with van der Waals surface area (Å²) in [6.45, 7) is 8.75. The molecular formula is C24H25N5O3. The SMILES string of the molecule is Cc1ccc(O)c(C)c1-n1cnc2[nH]c(-c3ccc(N4CCOCC4)nc3C)cc2c1=O. The third-order valence-electron chi connectivity index (χ3n) is 6.09. The number of hydrogen-bond donors (Lipinski definition) is 2. The van der Waals surface area contributed by atoms with Crippen LogP contribution in [0.15, 0.2) is 41.5 Å². The Morgan fingerprint density at radius 3 is 2.62 bits per heavy atom. The molecule has 4 heterocycles. The molecule has 0 bridgehead atoms. The summed E-state index contributed by atoms with van der Waals surface area (Å²) in [7, 11) is 0. The summed E-state index contributed by atoms with van der Waals surface area (Å²) in [5.74, 6) is 1.08. The van der Waals surface area contributed by atoms with Gasteiger partial charge >= 0.3 is 0 Å². The van der Waals surface area contributed by atoms with Crippen molar-refractivity contribution in [1.82, 2.24) is 19.5 Å². The number of H-pyrrole nitrogens is 1. The number of aromatic nitrogens is 4. The monoisotopic (exact) mass is 431 g/mol. The van der Waals surface area contributed by atoms with Crippen molar-refractivity contribution in [3.63, 3.8) is 0 Å². The maximum atomic E-state index is 13.3. The molecular weight excluding hydrogens is 406 g/mol. The molecule has 4 aromatic rings. The van der Waals surface area contributed by atoms with E-state index in [1.54, 1.807) is 19.1 Å². The van der Waals surface area contributed by atoms with Crippen LogP contribution in [-0.4, -0.2) is 50.9 Å². The van der Waals surface area contributed by atoms with E-state index in [-0.39, 0.29) is 11.3 Å². The molecule has 0 spiro atoms. The van der Waals surface area contributed by atoms with Crippen LogP contribution in [0, 0.1) is 20.8 Å². The van der Waals surface area contributed by atoms with E-state index in [4.69, 9.17) is 9.72 Å². The second kappa shape index (κ2) is 7.80. The number of aromatic hydroxyl groups is 1. The number of ether oxygens (including phenoxy) is 1. The number of nitrogens with zero attached hydrogens (tertiary/aromatic N) is 4. The third kappa shape index (κ3) is 3.33. The van der Waals surface area contributed by atoms with Crippen LogP contribution in [0.4, 0.5) is 5.82 Å². The summed E-state index contributed by atoms with van der Waals surface area (Å²) in [5.41, 5.74) is 5.11. The lowest BCUT2D eigenvalue weighted by molar-refractivity contribution is 0.122. The van der Waals surface area contributed by atoms with E-state index in [9.17, 15) is 9.90 Å². The summed E-state index contributed by atoms with van der Waals surface area (Å²) < 4.78 is 6.92. The van der Waals surface area contributed by atoms with Crippen molar-refractivity contribution in [3.05, 3.63) is 63.8 Å². The van der Waals surface area contributed by atoms with E-state index in [1.165, 1.54) is 10.9 Å². The zero-order chi connectivity index (χ0) is 22.4. The van der Waals surface area contributed by atoms with E-state index < -0.39 is 0 Å². The summed E-state index contributed by atoms with van der Waals surface area (Å²) in [6.07, 6.45) is 1.51. The van der Waals surface area contributed by atoms with Crippen LogP contribution >= 0.6 is 0 Å². The fourth-order valence-corrected chi connectivity index (χ4v) is 4.31. The minimum atomic E-state index is -0.190. The number of phenols is 1. The molecule has 164 valence electrons. The number of rotatable bonds is 3. The van der Waals surface area contributed by atoms with E-state index in [0.717, 1.165) is 41.4 Å². The van der Waals surface area contributed by atoms with Gasteiger partial charge in [0.2, 0.25) is 0 Å². The first-order valence-corrected chi connectivity index (χ1v) is 10.6. The molecule has 0 saturated carbocycles. The first-order chi connectivity index (χ1) is 15.4. The fourth-order valence-electron chi connectivity index (χ4n) is 4.31. The number of hydrogen-bond acceptors (Lipinski definition) is 6. The second-order valence-corrected chi connectivity index (χ2v) is 8.14. The molecule has 1 aromatic carbocycles. The molecule has 0 amide bonds. The Hall–Kier alpha value is -3.65. The van der Waals surface area contributed by atoms with Crippen LogP contribution in [0.25, 0.3) is 28.0 Å². The minimum Gasteiger partial charge on any atom is -0.508 e. The van der Waals surface area contributed by atoms with Crippen molar-refractivity contribution in [2.45, 2.75) is 20.8 Å². The van der Waals surface area contributed by atoms with Gasteiger partial charge in [0.15, 0.2) is 0 Å². The Morgan fingerprint density at radius 2 is 1.88 bits per heavy atom. The molecule has 1 aliphatic heterocycles. The maximum absolute atomic E-state index is 13.3. The van der Waals surface area contributed by atoms with Gasteiger partial charge in [0.25, 0.3) is 5.56 Å². The number of pyridine rings is 1. The van der Waals surface area contributed by atoms with Crippen LogP contribution < -0.4 is 10.5 Å². The molecule has 32 heavy (non-hydrogen) atoms. The zero-order valence-electron chi connectivity index (χ0n) is 18.3. The standard InChI is InChI=1S/C24H25N5O3/c1-14-4-6-20(30)15(2)22(14)29-13-25-23-18(24(29)31)12-19(27-23)17-5-7-21(26-16(17)3)28-8-10-32-11-9-28/h4-7,12-13,27,30H,8-11H2,1-3H3. The number of aryl methyl sites for hydroxylation is 2. The number of phenolic OH excluding ortho intramolecular Hbond substituents is 1. The summed E-state index contributed by atoms with van der Waals surface area (Å²) in [6, 6.07) is 9.29. The summed E-state index contributed by atoms with van der Waals surface area (Å²) in [4.78, 5) is 28.1. The highest BCUT2D eigenvalue weighted by Crippen LogP contribution is 2.28. The molecule has 1 saturated heterocycles. The van der Waals surface area contributed by atoms with Gasteiger partial charge < -0.3 is 19.7 Å². The number of benzene rings is 1. The van der Waals surface area contributed by atoms with Crippen molar-refractivity contribution in [2.75, 3.05) is 31.2 Å². The number of morpholine rings is 1. The highest BCUT2D eigenvalue weighted by Gasteiger charge is 2.17. The molecule has 8 nitrogen and oxygen atoms in total. The van der Waals surface area contributed by atoms with Crippen molar-refractivity contribution in [2.24, 2.45) is 0 Å². The molecule has 2 N–H and O–H groups in total. The van der Waals surface area contributed by atoms with Crippen molar-refractivity contribution in [3.8, 4) is 22.7 Å². The number of anilines is 1. The quantitative estimate of drug-likeness (QED) is 0.517. The smallest absolute Gasteiger partial charge is 0.267 e. The topological polar surface area (TPSA) is 96.3 Å². The van der Waals surface area contributed by atoms with Crippen LogP contribution in [-0.2, 0) is 4.74 Å². The predicted octanol–water partition coefficient (Wildman–Crippen LogP) is 3.24. The van der Waals surface area contributed by atoms with Gasteiger partial charge in [-0.1, -0.05) is 6.07 Å². The van der Waals surface area contributed by atoms with Gasteiger partial charge in [-0.15, -0.1) is 0 Å². The molecule has 1 aliphatic rings. The highest BCUT2D eigenvalue weighted by atomic mass is 16.5. The first kappa shape index (κ1) is 20.3. The Balaban J connectivity index is 1.57. The molecule has 1 fully saturated rings. The molecule has 3 aromatic heterocycles. The normalized spacial score (nSPS) is 14.3. The van der Waals surface area contributed by atoms with Crippen LogP contribution in [0.1, 0.15) is 16.8 Å². The van der Waals surface area contributed by atoms with Crippen LogP contribution in [0.5, 0.6) is 5.75 Å². The third-order valence-corrected chi connectivity index (χ3v) is 6.09. The van der Waals surface area contributed by atoms with Gasteiger partial charge in [-0.3, -0.25) is 9.36 Å². The lowest BCUT2D eigenvalue weighted by Crippen LogP contribution is -2.36. The van der Waals surface area contributed by atoms with E-state index >= 15 is 0 Å². The Morgan fingerprint density at radius 1 is 1.09 bits per heavy atom.